The number of rotatable bonds is 4. The fourth-order valence-electron chi connectivity index (χ4n) is 4.16. The van der Waals surface area contributed by atoms with E-state index in [9.17, 15) is 13.2 Å². The fourth-order valence-corrected chi connectivity index (χ4v) is 5.91. The summed E-state index contributed by atoms with van der Waals surface area (Å²) in [5, 5.41) is 0. The van der Waals surface area contributed by atoms with Gasteiger partial charge in [-0.25, -0.2) is 8.42 Å². The van der Waals surface area contributed by atoms with Crippen LogP contribution in [0.5, 0.6) is 0 Å². The summed E-state index contributed by atoms with van der Waals surface area (Å²) in [7, 11) is -3.57. The van der Waals surface area contributed by atoms with E-state index in [1.54, 1.807) is 22.5 Å². The van der Waals surface area contributed by atoms with Gasteiger partial charge in [-0.05, 0) is 63.6 Å². The van der Waals surface area contributed by atoms with Crippen LogP contribution in [-0.2, 0) is 10.0 Å². The highest BCUT2D eigenvalue weighted by Crippen LogP contribution is 2.26. The van der Waals surface area contributed by atoms with Crippen molar-refractivity contribution in [2.24, 2.45) is 11.7 Å². The van der Waals surface area contributed by atoms with Crippen LogP contribution in [0.4, 0.5) is 0 Å². The number of nitrogens with two attached hydrogens (primary N) is 1. The smallest absolute Gasteiger partial charge is 0.253 e. The number of hydrogen-bond donors (Lipinski definition) is 1. The molecule has 1 aromatic rings. The molecule has 2 aliphatic rings. The van der Waals surface area contributed by atoms with Crippen molar-refractivity contribution in [2.45, 2.75) is 62.9 Å². The highest BCUT2D eigenvalue weighted by molar-refractivity contribution is 7.89. The number of amides is 1. The third-order valence-electron chi connectivity index (χ3n) is 6.00. The van der Waals surface area contributed by atoms with E-state index in [0.717, 1.165) is 32.1 Å². The van der Waals surface area contributed by atoms with Gasteiger partial charge in [-0.15, -0.1) is 0 Å². The van der Waals surface area contributed by atoms with Crippen LogP contribution in [0.2, 0.25) is 0 Å². The molecular weight excluding hydrogens is 362 g/mol. The molecule has 0 aromatic heterocycles. The summed E-state index contributed by atoms with van der Waals surface area (Å²) in [6, 6.07) is 6.65. The van der Waals surface area contributed by atoms with Crippen molar-refractivity contribution >= 4 is 15.9 Å². The maximum absolute atomic E-state index is 13.1. The molecule has 0 bridgehead atoms. The lowest BCUT2D eigenvalue weighted by Gasteiger charge is -2.34. The predicted octanol–water partition coefficient (Wildman–Crippen LogP) is 2.45. The highest BCUT2D eigenvalue weighted by atomic mass is 32.2. The van der Waals surface area contributed by atoms with E-state index in [-0.39, 0.29) is 22.9 Å². The summed E-state index contributed by atoms with van der Waals surface area (Å²) >= 11 is 0. The molecule has 2 fully saturated rings. The van der Waals surface area contributed by atoms with E-state index in [1.165, 1.54) is 6.07 Å². The normalized spacial score (nSPS) is 24.0. The van der Waals surface area contributed by atoms with Crippen LogP contribution in [0.15, 0.2) is 29.2 Å². The third-order valence-corrected chi connectivity index (χ3v) is 8.01. The molecule has 6 nitrogen and oxygen atoms in total. The van der Waals surface area contributed by atoms with Gasteiger partial charge in [0.1, 0.15) is 0 Å². The Bertz CT molecular complexity index is 770. The van der Waals surface area contributed by atoms with E-state index in [0.29, 0.717) is 31.1 Å². The quantitative estimate of drug-likeness (QED) is 0.852. The van der Waals surface area contributed by atoms with Crippen LogP contribution in [0.1, 0.15) is 56.3 Å². The Morgan fingerprint density at radius 1 is 1.15 bits per heavy atom. The number of benzene rings is 1. The first-order valence-corrected chi connectivity index (χ1v) is 11.4. The average Bonchev–Trinajstić information content (AvgIpc) is 2.68. The van der Waals surface area contributed by atoms with Crippen molar-refractivity contribution in [3.8, 4) is 0 Å². The minimum absolute atomic E-state index is 0.000359. The average molecular weight is 394 g/mol. The van der Waals surface area contributed by atoms with Crippen molar-refractivity contribution in [1.82, 2.24) is 9.21 Å². The van der Waals surface area contributed by atoms with Gasteiger partial charge in [0, 0.05) is 37.3 Å². The molecule has 0 spiro atoms. The molecular formula is C20H31N3O3S. The summed E-state index contributed by atoms with van der Waals surface area (Å²) in [6.07, 6.45) is 4.62. The standard InChI is InChI=1S/C20H31N3O3S/c1-15-6-3-4-11-23(15)27(25,26)19-8-5-7-18(14-19)20(24)22-12-9-17(10-13-22)16(2)21/h5,7-8,14-17H,3-4,6,9-13,21H2,1-2H3. The summed E-state index contributed by atoms with van der Waals surface area (Å²) in [4.78, 5) is 14.9. The molecule has 3 rings (SSSR count). The highest BCUT2D eigenvalue weighted by Gasteiger charge is 2.32. The van der Waals surface area contributed by atoms with Gasteiger partial charge in [0.25, 0.3) is 5.91 Å². The minimum atomic E-state index is -3.57. The summed E-state index contributed by atoms with van der Waals surface area (Å²) in [6.45, 7) is 5.86. The Hall–Kier alpha value is -1.44. The molecule has 2 aliphatic heterocycles. The molecule has 0 radical (unpaired) electrons. The second-order valence-corrected chi connectivity index (χ2v) is 9.87. The summed E-state index contributed by atoms with van der Waals surface area (Å²) in [5.74, 6) is 0.350. The lowest BCUT2D eigenvalue weighted by atomic mass is 9.90. The molecule has 0 saturated carbocycles. The predicted molar refractivity (Wildman–Crippen MR) is 106 cm³/mol. The van der Waals surface area contributed by atoms with Crippen LogP contribution in [0.3, 0.4) is 0 Å². The molecule has 1 aromatic carbocycles. The largest absolute Gasteiger partial charge is 0.339 e. The van der Waals surface area contributed by atoms with Crippen LogP contribution >= 0.6 is 0 Å². The lowest BCUT2D eigenvalue weighted by Crippen LogP contribution is -2.43. The minimum Gasteiger partial charge on any atom is -0.339 e. The zero-order valence-corrected chi connectivity index (χ0v) is 17.1. The van der Waals surface area contributed by atoms with Gasteiger partial charge < -0.3 is 10.6 Å². The van der Waals surface area contributed by atoms with E-state index in [1.807, 2.05) is 18.7 Å². The van der Waals surface area contributed by atoms with Gasteiger partial charge in [0.15, 0.2) is 0 Å². The maximum atomic E-state index is 13.1. The second kappa shape index (κ2) is 8.29. The molecule has 2 atom stereocenters. The molecule has 2 heterocycles. The van der Waals surface area contributed by atoms with Crippen molar-refractivity contribution in [3.05, 3.63) is 29.8 Å². The SMILES string of the molecule is CC(N)C1CCN(C(=O)c2cccc(S(=O)(=O)N3CCCCC3C)c2)CC1. The Kier molecular flexibility index (Phi) is 6.23. The molecule has 2 saturated heterocycles. The molecule has 0 aliphatic carbocycles. The van der Waals surface area contributed by atoms with Gasteiger partial charge in [0.2, 0.25) is 10.0 Å². The van der Waals surface area contributed by atoms with Crippen molar-refractivity contribution in [3.63, 3.8) is 0 Å². The first kappa shape index (κ1) is 20.3. The third kappa shape index (κ3) is 4.36. The monoisotopic (exact) mass is 393 g/mol. The van der Waals surface area contributed by atoms with Crippen molar-refractivity contribution in [1.29, 1.82) is 0 Å². The number of carbonyl (C=O) groups excluding carboxylic acids is 1. The molecule has 2 unspecified atom stereocenters. The number of hydrogen-bond acceptors (Lipinski definition) is 4. The number of sulfonamides is 1. The van der Waals surface area contributed by atoms with Gasteiger partial charge >= 0.3 is 0 Å². The topological polar surface area (TPSA) is 83.7 Å². The van der Waals surface area contributed by atoms with E-state index in [4.69, 9.17) is 5.73 Å². The Labute approximate surface area is 162 Å². The van der Waals surface area contributed by atoms with Crippen molar-refractivity contribution < 1.29 is 13.2 Å². The van der Waals surface area contributed by atoms with Gasteiger partial charge in [-0.2, -0.15) is 4.31 Å². The van der Waals surface area contributed by atoms with Crippen LogP contribution in [0.25, 0.3) is 0 Å². The zero-order chi connectivity index (χ0) is 19.6. The zero-order valence-electron chi connectivity index (χ0n) is 16.3. The number of nitrogens with zero attached hydrogens (tertiary/aromatic N) is 2. The molecule has 150 valence electrons. The van der Waals surface area contributed by atoms with E-state index < -0.39 is 10.0 Å². The lowest BCUT2D eigenvalue weighted by molar-refractivity contribution is 0.0680. The van der Waals surface area contributed by atoms with Gasteiger partial charge in [-0.1, -0.05) is 12.5 Å². The molecule has 2 N–H and O–H groups in total. The van der Waals surface area contributed by atoms with Crippen molar-refractivity contribution in [2.75, 3.05) is 19.6 Å². The van der Waals surface area contributed by atoms with E-state index >= 15 is 0 Å². The number of piperidine rings is 2. The fraction of sp³-hybridized carbons (Fsp3) is 0.650. The molecule has 1 amide bonds. The van der Waals surface area contributed by atoms with Gasteiger partial charge in [0.05, 0.1) is 4.90 Å². The summed E-state index contributed by atoms with van der Waals surface area (Å²) < 4.78 is 27.7. The molecule has 7 heteroatoms. The Balaban J connectivity index is 1.76. The van der Waals surface area contributed by atoms with Crippen LogP contribution < -0.4 is 5.73 Å². The number of likely N-dealkylation sites (tertiary alicyclic amines) is 1. The van der Waals surface area contributed by atoms with Crippen LogP contribution in [0, 0.1) is 5.92 Å². The number of carbonyl (C=O) groups is 1. The Morgan fingerprint density at radius 3 is 2.48 bits per heavy atom. The second-order valence-electron chi connectivity index (χ2n) is 7.98. The first-order chi connectivity index (χ1) is 12.8. The van der Waals surface area contributed by atoms with E-state index in [2.05, 4.69) is 0 Å². The van der Waals surface area contributed by atoms with Gasteiger partial charge in [-0.3, -0.25) is 4.79 Å². The summed E-state index contributed by atoms with van der Waals surface area (Å²) in [5.41, 5.74) is 6.42. The molecule has 27 heavy (non-hydrogen) atoms. The Morgan fingerprint density at radius 2 is 1.85 bits per heavy atom. The van der Waals surface area contributed by atoms with Crippen LogP contribution in [-0.4, -0.2) is 55.2 Å². The first-order valence-electron chi connectivity index (χ1n) is 9.97. The maximum Gasteiger partial charge on any atom is 0.253 e.